The zero-order valence-corrected chi connectivity index (χ0v) is 11.6. The van der Waals surface area contributed by atoms with Crippen molar-refractivity contribution in [1.29, 1.82) is 0 Å². The van der Waals surface area contributed by atoms with Gasteiger partial charge in [-0.05, 0) is 44.4 Å². The molecule has 1 aromatic carbocycles. The quantitative estimate of drug-likeness (QED) is 0.782. The van der Waals surface area contributed by atoms with Gasteiger partial charge >= 0.3 is 0 Å². The van der Waals surface area contributed by atoms with Gasteiger partial charge in [-0.25, -0.2) is 4.98 Å². The second-order valence-corrected chi connectivity index (χ2v) is 5.65. The van der Waals surface area contributed by atoms with Crippen LogP contribution in [0.15, 0.2) is 23.0 Å². The molecule has 0 N–H and O–H groups in total. The predicted molar refractivity (Wildman–Crippen MR) is 77.6 cm³/mol. The van der Waals surface area contributed by atoms with Crippen molar-refractivity contribution >= 4 is 10.9 Å². The average Bonchev–Trinajstić information content (AvgIpc) is 2.39. The Bertz CT molecular complexity index is 666. The molecular weight excluding hydrogens is 236 g/mol. The first-order valence-electron chi connectivity index (χ1n) is 7.16. The second-order valence-electron chi connectivity index (χ2n) is 5.65. The Hall–Kier alpha value is -1.64. The van der Waals surface area contributed by atoms with Crippen LogP contribution in [0.3, 0.4) is 0 Å². The highest BCUT2D eigenvalue weighted by molar-refractivity contribution is 5.78. The molecule has 1 aromatic heterocycles. The first-order chi connectivity index (χ1) is 9.16. The van der Waals surface area contributed by atoms with Crippen LogP contribution in [0.25, 0.3) is 10.9 Å². The van der Waals surface area contributed by atoms with Gasteiger partial charge in [0.2, 0.25) is 0 Å². The minimum Gasteiger partial charge on any atom is -0.293 e. The zero-order valence-electron chi connectivity index (χ0n) is 11.6. The third kappa shape index (κ3) is 2.18. The van der Waals surface area contributed by atoms with Gasteiger partial charge in [-0.1, -0.05) is 25.3 Å². The Kier molecular flexibility index (Phi) is 3.13. The fraction of sp³-hybridized carbons (Fsp3) is 0.500. The van der Waals surface area contributed by atoms with E-state index in [0.717, 1.165) is 35.1 Å². The molecule has 3 nitrogen and oxygen atoms in total. The van der Waals surface area contributed by atoms with Crippen LogP contribution in [0.1, 0.15) is 49.5 Å². The Balaban J connectivity index is 2.19. The van der Waals surface area contributed by atoms with Crippen LogP contribution >= 0.6 is 0 Å². The van der Waals surface area contributed by atoms with E-state index >= 15 is 0 Å². The van der Waals surface area contributed by atoms with E-state index in [2.05, 4.69) is 4.98 Å². The standard InChI is InChI=1S/C16H20N2O/c1-11-8-9-14-15(10-11)17-12(2)18(16(14)19)13-6-4-3-5-7-13/h8-10,13H,3-7H2,1-2H3. The topological polar surface area (TPSA) is 34.9 Å². The highest BCUT2D eigenvalue weighted by Crippen LogP contribution is 2.28. The van der Waals surface area contributed by atoms with Crippen LogP contribution in [0, 0.1) is 13.8 Å². The highest BCUT2D eigenvalue weighted by atomic mass is 16.1. The summed E-state index contributed by atoms with van der Waals surface area (Å²) in [5, 5.41) is 0.752. The van der Waals surface area contributed by atoms with E-state index in [9.17, 15) is 4.79 Å². The van der Waals surface area contributed by atoms with Gasteiger partial charge in [0, 0.05) is 6.04 Å². The summed E-state index contributed by atoms with van der Waals surface area (Å²) in [5.74, 6) is 0.856. The number of nitrogens with zero attached hydrogens (tertiary/aromatic N) is 2. The van der Waals surface area contributed by atoms with Gasteiger partial charge in [-0.15, -0.1) is 0 Å². The number of benzene rings is 1. The lowest BCUT2D eigenvalue weighted by Crippen LogP contribution is -2.29. The number of aryl methyl sites for hydroxylation is 2. The van der Waals surface area contributed by atoms with E-state index in [1.165, 1.54) is 19.3 Å². The number of aromatic nitrogens is 2. The van der Waals surface area contributed by atoms with Crippen molar-refractivity contribution in [1.82, 2.24) is 9.55 Å². The van der Waals surface area contributed by atoms with Crippen LogP contribution in [-0.4, -0.2) is 9.55 Å². The van der Waals surface area contributed by atoms with Gasteiger partial charge < -0.3 is 0 Å². The lowest BCUT2D eigenvalue weighted by molar-refractivity contribution is 0.339. The maximum Gasteiger partial charge on any atom is 0.261 e. The Morgan fingerprint density at radius 2 is 1.89 bits per heavy atom. The molecule has 1 saturated carbocycles. The Morgan fingerprint density at radius 1 is 1.16 bits per heavy atom. The molecule has 1 fully saturated rings. The molecule has 1 aliphatic carbocycles. The number of hydrogen-bond acceptors (Lipinski definition) is 2. The van der Waals surface area contributed by atoms with Crippen molar-refractivity contribution in [2.24, 2.45) is 0 Å². The molecule has 0 amide bonds. The van der Waals surface area contributed by atoms with Crippen molar-refractivity contribution in [2.45, 2.75) is 52.0 Å². The maximum atomic E-state index is 12.7. The third-order valence-electron chi connectivity index (χ3n) is 4.17. The lowest BCUT2D eigenvalue weighted by Gasteiger charge is -2.25. The van der Waals surface area contributed by atoms with Crippen LogP contribution in [-0.2, 0) is 0 Å². The van der Waals surface area contributed by atoms with E-state index in [4.69, 9.17) is 0 Å². The monoisotopic (exact) mass is 256 g/mol. The molecule has 100 valence electrons. The van der Waals surface area contributed by atoms with Gasteiger partial charge in [0.15, 0.2) is 0 Å². The van der Waals surface area contributed by atoms with E-state index in [1.807, 2.05) is 36.6 Å². The number of hydrogen-bond donors (Lipinski definition) is 0. The van der Waals surface area contributed by atoms with Crippen LogP contribution in [0.2, 0.25) is 0 Å². The van der Waals surface area contributed by atoms with Gasteiger partial charge in [0.1, 0.15) is 5.82 Å². The molecule has 3 rings (SSSR count). The van der Waals surface area contributed by atoms with Crippen molar-refractivity contribution in [3.63, 3.8) is 0 Å². The lowest BCUT2D eigenvalue weighted by atomic mass is 9.95. The van der Waals surface area contributed by atoms with Crippen molar-refractivity contribution < 1.29 is 0 Å². The summed E-state index contributed by atoms with van der Waals surface area (Å²) in [4.78, 5) is 17.3. The zero-order chi connectivity index (χ0) is 13.4. The molecule has 0 aliphatic heterocycles. The molecule has 1 aliphatic rings. The Labute approximate surface area is 113 Å². The molecule has 2 aromatic rings. The van der Waals surface area contributed by atoms with Crippen molar-refractivity contribution in [2.75, 3.05) is 0 Å². The summed E-state index contributed by atoms with van der Waals surface area (Å²) in [6.45, 7) is 3.99. The molecule has 0 atom stereocenters. The first kappa shape index (κ1) is 12.4. The second kappa shape index (κ2) is 4.80. The van der Waals surface area contributed by atoms with Gasteiger partial charge in [0.05, 0.1) is 10.9 Å². The largest absolute Gasteiger partial charge is 0.293 e. The fourth-order valence-electron chi connectivity index (χ4n) is 3.19. The molecule has 0 unspecified atom stereocenters. The molecular formula is C16H20N2O. The summed E-state index contributed by atoms with van der Waals surface area (Å²) < 4.78 is 1.93. The van der Waals surface area contributed by atoms with E-state index < -0.39 is 0 Å². The fourth-order valence-corrected chi connectivity index (χ4v) is 3.19. The van der Waals surface area contributed by atoms with Gasteiger partial charge in [-0.3, -0.25) is 9.36 Å². The maximum absolute atomic E-state index is 12.7. The van der Waals surface area contributed by atoms with Crippen LogP contribution < -0.4 is 5.56 Å². The molecule has 3 heteroatoms. The normalized spacial score (nSPS) is 16.9. The smallest absolute Gasteiger partial charge is 0.261 e. The summed E-state index contributed by atoms with van der Waals surface area (Å²) >= 11 is 0. The summed E-state index contributed by atoms with van der Waals surface area (Å²) in [6, 6.07) is 6.25. The third-order valence-corrected chi connectivity index (χ3v) is 4.17. The Morgan fingerprint density at radius 3 is 2.63 bits per heavy atom. The summed E-state index contributed by atoms with van der Waals surface area (Å²) in [6.07, 6.45) is 5.97. The molecule has 0 spiro atoms. The number of fused-ring (bicyclic) bond motifs is 1. The average molecular weight is 256 g/mol. The van der Waals surface area contributed by atoms with Crippen molar-refractivity contribution in [3.8, 4) is 0 Å². The summed E-state index contributed by atoms with van der Waals surface area (Å²) in [5.41, 5.74) is 2.11. The minimum atomic E-state index is 0.134. The first-order valence-corrected chi connectivity index (χ1v) is 7.16. The van der Waals surface area contributed by atoms with Gasteiger partial charge in [-0.2, -0.15) is 0 Å². The van der Waals surface area contributed by atoms with E-state index in [0.29, 0.717) is 6.04 Å². The molecule has 0 radical (unpaired) electrons. The SMILES string of the molecule is Cc1ccc2c(=O)n(C3CCCCC3)c(C)nc2c1. The molecule has 19 heavy (non-hydrogen) atoms. The highest BCUT2D eigenvalue weighted by Gasteiger charge is 2.19. The minimum absolute atomic E-state index is 0.134. The summed E-state index contributed by atoms with van der Waals surface area (Å²) in [7, 11) is 0. The van der Waals surface area contributed by atoms with Crippen LogP contribution in [0.5, 0.6) is 0 Å². The molecule has 1 heterocycles. The van der Waals surface area contributed by atoms with E-state index in [1.54, 1.807) is 0 Å². The van der Waals surface area contributed by atoms with E-state index in [-0.39, 0.29) is 5.56 Å². The molecule has 0 saturated heterocycles. The van der Waals surface area contributed by atoms with Gasteiger partial charge in [0.25, 0.3) is 5.56 Å². The predicted octanol–water partition coefficient (Wildman–Crippen LogP) is 3.52. The van der Waals surface area contributed by atoms with Crippen LogP contribution in [0.4, 0.5) is 0 Å². The molecule has 0 bridgehead atoms. The number of rotatable bonds is 1. The van der Waals surface area contributed by atoms with Crippen molar-refractivity contribution in [3.05, 3.63) is 39.9 Å².